The Morgan fingerprint density at radius 2 is 2.22 bits per heavy atom. The molecule has 0 N–H and O–H groups in total. The molecular weight excluding hydrogens is 144 g/mol. The van der Waals surface area contributed by atoms with Crippen LogP contribution in [-0.4, -0.2) is 19.6 Å². The lowest BCUT2D eigenvalue weighted by atomic mass is 10.6. The second-order valence-electron chi connectivity index (χ2n) is 1.10. The van der Waals surface area contributed by atoms with Crippen molar-refractivity contribution in [3.63, 3.8) is 0 Å². The highest BCUT2D eigenvalue weighted by Gasteiger charge is 1.87. The molecule has 0 saturated heterocycles. The van der Waals surface area contributed by atoms with Crippen molar-refractivity contribution in [1.29, 1.82) is 0 Å². The van der Waals surface area contributed by atoms with Crippen LogP contribution in [0.25, 0.3) is 0 Å². The lowest BCUT2D eigenvalue weighted by Crippen LogP contribution is -2.03. The molecule has 0 rings (SSSR count). The van der Waals surface area contributed by atoms with Crippen LogP contribution in [0, 0.1) is 11.8 Å². The summed E-state index contributed by atoms with van der Waals surface area (Å²) < 4.78 is 32.7. The molecule has 52 valence electrons. The zero-order valence-electron chi connectivity index (χ0n) is 4.75. The minimum absolute atomic E-state index is 0.359. The van der Waals surface area contributed by atoms with Crippen molar-refractivity contribution in [2.24, 2.45) is 0 Å². The van der Waals surface area contributed by atoms with Gasteiger partial charge in [-0.1, -0.05) is 5.92 Å². The topological polar surface area (TPSA) is 66.4 Å². The van der Waals surface area contributed by atoms with Crippen molar-refractivity contribution in [2.45, 2.75) is 6.92 Å². The van der Waals surface area contributed by atoms with E-state index in [2.05, 4.69) is 16.0 Å². The fourth-order valence-electron chi connectivity index (χ4n) is 0.174. The van der Waals surface area contributed by atoms with E-state index in [0.29, 0.717) is 0 Å². The van der Waals surface area contributed by atoms with Crippen LogP contribution >= 0.6 is 0 Å². The van der Waals surface area contributed by atoms with Gasteiger partial charge in [0.2, 0.25) is 10.4 Å². The zero-order chi connectivity index (χ0) is 7.33. The maximum absolute atomic E-state index is 9.66. The van der Waals surface area contributed by atoms with Gasteiger partial charge in [0.05, 0.1) is 0 Å². The standard InChI is InChI=1S/C4H6O4S/c1-2-3-4-8-9(5,6)7/h4H2,1H3,(H,5,6,7)/p-1. The Bertz CT molecular complexity index is 217. The third-order valence-corrected chi connectivity index (χ3v) is 0.859. The maximum atomic E-state index is 9.66. The summed E-state index contributed by atoms with van der Waals surface area (Å²) in [4.78, 5) is 0. The minimum atomic E-state index is -4.55. The normalized spacial score (nSPS) is 10.0. The first-order chi connectivity index (χ1) is 4.06. The van der Waals surface area contributed by atoms with E-state index in [1.165, 1.54) is 6.92 Å². The highest BCUT2D eigenvalue weighted by atomic mass is 32.3. The SMILES string of the molecule is CC#CCOS(=O)(=O)[O-]. The number of hydrogen-bond donors (Lipinski definition) is 0. The van der Waals surface area contributed by atoms with Crippen LogP contribution in [0.2, 0.25) is 0 Å². The summed E-state index contributed by atoms with van der Waals surface area (Å²) in [5.41, 5.74) is 0. The lowest BCUT2D eigenvalue weighted by molar-refractivity contribution is 0.292. The third kappa shape index (κ3) is 7.43. The highest BCUT2D eigenvalue weighted by Crippen LogP contribution is 1.81. The van der Waals surface area contributed by atoms with Crippen molar-refractivity contribution in [3.8, 4) is 11.8 Å². The molecular formula is C4H5O4S-. The zero-order valence-corrected chi connectivity index (χ0v) is 5.56. The van der Waals surface area contributed by atoms with Gasteiger partial charge in [-0.3, -0.25) is 4.18 Å². The van der Waals surface area contributed by atoms with Crippen LogP contribution in [-0.2, 0) is 14.6 Å². The Morgan fingerprint density at radius 1 is 1.67 bits per heavy atom. The predicted molar refractivity (Wildman–Crippen MR) is 29.1 cm³/mol. The second-order valence-corrected chi connectivity index (χ2v) is 2.15. The van der Waals surface area contributed by atoms with Crippen molar-refractivity contribution in [3.05, 3.63) is 0 Å². The molecule has 0 saturated carbocycles. The van der Waals surface area contributed by atoms with Gasteiger partial charge in [-0.05, 0) is 6.92 Å². The average Bonchev–Trinajstić information content (AvgIpc) is 1.63. The van der Waals surface area contributed by atoms with Gasteiger partial charge in [0, 0.05) is 0 Å². The molecule has 0 fully saturated rings. The van der Waals surface area contributed by atoms with E-state index < -0.39 is 10.4 Å². The fraction of sp³-hybridized carbons (Fsp3) is 0.500. The molecule has 0 aliphatic heterocycles. The number of hydrogen-bond acceptors (Lipinski definition) is 4. The molecule has 5 heteroatoms. The van der Waals surface area contributed by atoms with Gasteiger partial charge in [-0.2, -0.15) is 0 Å². The molecule has 0 aliphatic carbocycles. The smallest absolute Gasteiger partial charge is 0.218 e. The summed E-state index contributed by atoms with van der Waals surface area (Å²) in [5, 5.41) is 0. The fourth-order valence-corrected chi connectivity index (χ4v) is 0.377. The molecule has 0 spiro atoms. The quantitative estimate of drug-likeness (QED) is 0.301. The van der Waals surface area contributed by atoms with E-state index in [1.807, 2.05) is 0 Å². The molecule has 0 aromatic rings. The van der Waals surface area contributed by atoms with Crippen molar-refractivity contribution < 1.29 is 17.2 Å². The van der Waals surface area contributed by atoms with E-state index in [1.54, 1.807) is 0 Å². The first-order valence-corrected chi connectivity index (χ1v) is 3.39. The van der Waals surface area contributed by atoms with Crippen molar-refractivity contribution in [1.82, 2.24) is 0 Å². The van der Waals surface area contributed by atoms with E-state index >= 15 is 0 Å². The van der Waals surface area contributed by atoms with Crippen LogP contribution in [0.3, 0.4) is 0 Å². The molecule has 0 aromatic carbocycles. The van der Waals surface area contributed by atoms with E-state index in [9.17, 15) is 13.0 Å². The van der Waals surface area contributed by atoms with Crippen LogP contribution in [0.4, 0.5) is 0 Å². The van der Waals surface area contributed by atoms with Crippen molar-refractivity contribution >= 4 is 10.4 Å². The molecule has 0 aromatic heterocycles. The molecule has 0 heterocycles. The summed E-state index contributed by atoms with van der Waals surface area (Å²) in [5.74, 6) is 4.62. The van der Waals surface area contributed by atoms with E-state index in [-0.39, 0.29) is 6.61 Å². The molecule has 4 nitrogen and oxygen atoms in total. The Balaban J connectivity index is 3.62. The first-order valence-electron chi connectivity index (χ1n) is 2.06. The van der Waals surface area contributed by atoms with Crippen LogP contribution in [0.5, 0.6) is 0 Å². The summed E-state index contributed by atoms with van der Waals surface area (Å²) in [6.07, 6.45) is 0. The molecule has 0 atom stereocenters. The van der Waals surface area contributed by atoms with Crippen molar-refractivity contribution in [2.75, 3.05) is 6.61 Å². The summed E-state index contributed by atoms with van der Waals surface area (Å²) in [6, 6.07) is 0. The summed E-state index contributed by atoms with van der Waals surface area (Å²) in [7, 11) is -4.55. The van der Waals surface area contributed by atoms with Gasteiger partial charge < -0.3 is 4.55 Å². The van der Waals surface area contributed by atoms with Gasteiger partial charge in [-0.15, -0.1) is 5.92 Å². The molecule has 0 bridgehead atoms. The first kappa shape index (κ1) is 8.43. The van der Waals surface area contributed by atoms with Crippen LogP contribution in [0.15, 0.2) is 0 Å². The van der Waals surface area contributed by atoms with Crippen LogP contribution in [0.1, 0.15) is 6.92 Å². The molecule has 0 unspecified atom stereocenters. The Kier molecular flexibility index (Phi) is 3.24. The van der Waals surface area contributed by atoms with Gasteiger partial charge in [0.15, 0.2) is 0 Å². The lowest BCUT2D eigenvalue weighted by Gasteiger charge is -2.01. The van der Waals surface area contributed by atoms with Gasteiger partial charge in [0.25, 0.3) is 0 Å². The Morgan fingerprint density at radius 3 is 2.56 bits per heavy atom. The highest BCUT2D eigenvalue weighted by molar-refractivity contribution is 7.80. The van der Waals surface area contributed by atoms with Gasteiger partial charge in [-0.25, -0.2) is 8.42 Å². The summed E-state index contributed by atoms with van der Waals surface area (Å²) in [6.45, 7) is 1.16. The Hall–Kier alpha value is -0.570. The average molecular weight is 149 g/mol. The molecule has 0 aliphatic rings. The molecule has 0 radical (unpaired) electrons. The summed E-state index contributed by atoms with van der Waals surface area (Å²) >= 11 is 0. The molecule has 0 amide bonds. The Labute approximate surface area is 53.8 Å². The third-order valence-electron chi connectivity index (χ3n) is 0.452. The molecule has 9 heavy (non-hydrogen) atoms. The van der Waals surface area contributed by atoms with Crippen LogP contribution < -0.4 is 0 Å². The van der Waals surface area contributed by atoms with E-state index in [4.69, 9.17) is 0 Å². The maximum Gasteiger partial charge on any atom is 0.218 e. The monoisotopic (exact) mass is 149 g/mol. The van der Waals surface area contributed by atoms with Gasteiger partial charge in [0.1, 0.15) is 6.61 Å². The van der Waals surface area contributed by atoms with E-state index in [0.717, 1.165) is 0 Å². The minimum Gasteiger partial charge on any atom is -0.725 e. The number of rotatable bonds is 2. The largest absolute Gasteiger partial charge is 0.725 e. The van der Waals surface area contributed by atoms with Gasteiger partial charge >= 0.3 is 0 Å². The predicted octanol–water partition coefficient (Wildman–Crippen LogP) is -0.513. The second kappa shape index (κ2) is 3.45.